The smallest absolute Gasteiger partial charge is 0.245 e. The van der Waals surface area contributed by atoms with E-state index in [2.05, 4.69) is 5.32 Å². The van der Waals surface area contributed by atoms with E-state index in [1.165, 1.54) is 0 Å². The van der Waals surface area contributed by atoms with Gasteiger partial charge in [-0.1, -0.05) is 23.7 Å². The molecule has 0 aliphatic carbocycles. The van der Waals surface area contributed by atoms with Crippen LogP contribution in [-0.4, -0.2) is 33.2 Å². The van der Waals surface area contributed by atoms with E-state index >= 15 is 0 Å². The van der Waals surface area contributed by atoms with Gasteiger partial charge in [0.15, 0.2) is 0 Å². The zero-order valence-electron chi connectivity index (χ0n) is 14.8. The molecular weight excluding hydrogens is 376 g/mol. The molecule has 0 spiro atoms. The highest BCUT2D eigenvalue weighted by Gasteiger charge is 2.21. The van der Waals surface area contributed by atoms with Crippen LogP contribution in [-0.2, 0) is 14.8 Å². The quantitative estimate of drug-likeness (QED) is 0.776. The van der Waals surface area contributed by atoms with Gasteiger partial charge >= 0.3 is 0 Å². The second kappa shape index (κ2) is 8.42. The Hall–Kier alpha value is -2.25. The Morgan fingerprint density at radius 1 is 1.15 bits per heavy atom. The summed E-state index contributed by atoms with van der Waals surface area (Å²) in [6, 6.07) is 13.3. The van der Waals surface area contributed by atoms with Crippen molar-refractivity contribution >= 4 is 38.9 Å². The highest BCUT2D eigenvalue weighted by Crippen LogP contribution is 2.23. The van der Waals surface area contributed by atoms with E-state index in [9.17, 15) is 13.2 Å². The molecule has 1 amide bonds. The molecule has 26 heavy (non-hydrogen) atoms. The molecule has 0 saturated heterocycles. The number of benzene rings is 2. The van der Waals surface area contributed by atoms with Crippen molar-refractivity contribution in [3.05, 3.63) is 53.6 Å². The zero-order valence-corrected chi connectivity index (χ0v) is 16.3. The van der Waals surface area contributed by atoms with Crippen molar-refractivity contribution in [3.8, 4) is 5.75 Å². The second-order valence-electron chi connectivity index (χ2n) is 5.96. The third-order valence-corrected chi connectivity index (χ3v) is 4.80. The summed E-state index contributed by atoms with van der Waals surface area (Å²) in [4.78, 5) is 12.3. The zero-order chi connectivity index (χ0) is 19.3. The molecule has 0 aliphatic rings. The SMILES string of the molecule is CC(C)Oc1ccc(N(CC(=O)Nc2ccccc2Cl)S(C)(=O)=O)cc1. The number of anilines is 2. The number of sulfonamides is 1. The van der Waals surface area contributed by atoms with E-state index in [0.717, 1.165) is 10.6 Å². The lowest BCUT2D eigenvalue weighted by molar-refractivity contribution is -0.114. The van der Waals surface area contributed by atoms with Crippen LogP contribution in [0.1, 0.15) is 13.8 Å². The molecule has 6 nitrogen and oxygen atoms in total. The molecule has 0 aliphatic heterocycles. The fourth-order valence-electron chi connectivity index (χ4n) is 2.25. The maximum absolute atomic E-state index is 12.3. The van der Waals surface area contributed by atoms with Crippen LogP contribution in [0.25, 0.3) is 0 Å². The molecular formula is C18H21ClN2O4S. The Morgan fingerprint density at radius 3 is 2.31 bits per heavy atom. The molecule has 2 rings (SSSR count). The fourth-order valence-corrected chi connectivity index (χ4v) is 3.29. The van der Waals surface area contributed by atoms with Gasteiger partial charge in [0.2, 0.25) is 15.9 Å². The first-order valence-corrected chi connectivity index (χ1v) is 10.2. The lowest BCUT2D eigenvalue weighted by Gasteiger charge is -2.22. The standard InChI is InChI=1S/C18H21ClN2O4S/c1-13(2)25-15-10-8-14(9-11-15)21(26(3,23)24)12-18(22)20-17-7-5-4-6-16(17)19/h4-11,13H,12H2,1-3H3,(H,20,22). The summed E-state index contributed by atoms with van der Waals surface area (Å²) < 4.78 is 30.8. The van der Waals surface area contributed by atoms with Gasteiger partial charge in [0.05, 0.1) is 28.8 Å². The number of amides is 1. The van der Waals surface area contributed by atoms with Gasteiger partial charge in [0.1, 0.15) is 12.3 Å². The summed E-state index contributed by atoms with van der Waals surface area (Å²) in [7, 11) is -3.65. The molecule has 140 valence electrons. The number of carbonyl (C=O) groups excluding carboxylic acids is 1. The lowest BCUT2D eigenvalue weighted by Crippen LogP contribution is -2.37. The van der Waals surface area contributed by atoms with E-state index < -0.39 is 15.9 Å². The number of rotatable bonds is 7. The molecule has 8 heteroatoms. The van der Waals surface area contributed by atoms with Gasteiger partial charge in [0.25, 0.3) is 0 Å². The van der Waals surface area contributed by atoms with Crippen LogP contribution >= 0.6 is 11.6 Å². The molecule has 0 saturated carbocycles. The summed E-state index contributed by atoms with van der Waals surface area (Å²) in [5.41, 5.74) is 0.797. The predicted octanol–water partition coefficient (Wildman–Crippen LogP) is 3.53. The lowest BCUT2D eigenvalue weighted by atomic mass is 10.3. The molecule has 0 heterocycles. The average molecular weight is 397 g/mol. The van der Waals surface area contributed by atoms with Gasteiger partial charge in [-0.05, 0) is 50.2 Å². The van der Waals surface area contributed by atoms with E-state index in [-0.39, 0.29) is 12.6 Å². The third kappa shape index (κ3) is 5.64. The van der Waals surface area contributed by atoms with Gasteiger partial charge in [-0.25, -0.2) is 8.42 Å². The van der Waals surface area contributed by atoms with Crippen molar-refractivity contribution in [2.24, 2.45) is 0 Å². The minimum Gasteiger partial charge on any atom is -0.491 e. The largest absolute Gasteiger partial charge is 0.491 e. The maximum atomic E-state index is 12.3. The first kappa shape index (κ1) is 20.1. The molecule has 0 atom stereocenters. The van der Waals surface area contributed by atoms with Crippen LogP contribution in [0.4, 0.5) is 11.4 Å². The number of carbonyl (C=O) groups is 1. The van der Waals surface area contributed by atoms with E-state index in [1.54, 1.807) is 48.5 Å². The molecule has 2 aromatic rings. The number of hydrogen-bond donors (Lipinski definition) is 1. The second-order valence-corrected chi connectivity index (χ2v) is 8.27. The van der Waals surface area contributed by atoms with E-state index in [1.807, 2.05) is 13.8 Å². The van der Waals surface area contributed by atoms with Crippen molar-refractivity contribution in [3.63, 3.8) is 0 Å². The van der Waals surface area contributed by atoms with Crippen LogP contribution in [0.2, 0.25) is 5.02 Å². The number of hydrogen-bond acceptors (Lipinski definition) is 4. The van der Waals surface area contributed by atoms with Gasteiger partial charge < -0.3 is 10.1 Å². The predicted molar refractivity (Wildman–Crippen MR) is 104 cm³/mol. The normalized spacial score (nSPS) is 11.3. The van der Waals surface area contributed by atoms with Crippen molar-refractivity contribution < 1.29 is 17.9 Å². The summed E-state index contributed by atoms with van der Waals surface area (Å²) >= 11 is 6.01. The fraction of sp³-hybridized carbons (Fsp3) is 0.278. The van der Waals surface area contributed by atoms with Crippen LogP contribution in [0.3, 0.4) is 0 Å². The maximum Gasteiger partial charge on any atom is 0.245 e. The van der Waals surface area contributed by atoms with Gasteiger partial charge in [0, 0.05) is 0 Å². The number of nitrogens with zero attached hydrogens (tertiary/aromatic N) is 1. The third-order valence-electron chi connectivity index (χ3n) is 3.33. The van der Waals surface area contributed by atoms with Crippen LogP contribution in [0.5, 0.6) is 5.75 Å². The van der Waals surface area contributed by atoms with Crippen LogP contribution in [0.15, 0.2) is 48.5 Å². The Kier molecular flexibility index (Phi) is 6.50. The van der Waals surface area contributed by atoms with Crippen molar-refractivity contribution in [1.82, 2.24) is 0 Å². The summed E-state index contributed by atoms with van der Waals surface area (Å²) in [5.74, 6) is 0.128. The highest BCUT2D eigenvalue weighted by molar-refractivity contribution is 7.92. The Bertz CT molecular complexity index is 867. The van der Waals surface area contributed by atoms with Gasteiger partial charge in [-0.15, -0.1) is 0 Å². The van der Waals surface area contributed by atoms with E-state index in [4.69, 9.17) is 16.3 Å². The minimum atomic E-state index is -3.65. The summed E-state index contributed by atoms with van der Waals surface area (Å²) in [6.07, 6.45) is 1.06. The average Bonchev–Trinajstić information content (AvgIpc) is 2.54. The number of nitrogens with one attached hydrogen (secondary N) is 1. The minimum absolute atomic E-state index is 0.00765. The number of ether oxygens (including phenoxy) is 1. The number of halogens is 1. The van der Waals surface area contributed by atoms with Gasteiger partial charge in [-0.3, -0.25) is 9.10 Å². The van der Waals surface area contributed by atoms with E-state index in [0.29, 0.717) is 22.1 Å². The first-order chi connectivity index (χ1) is 12.2. The molecule has 0 unspecified atom stereocenters. The molecule has 0 bridgehead atoms. The first-order valence-electron chi connectivity index (χ1n) is 7.95. The van der Waals surface area contributed by atoms with Crippen molar-refractivity contribution in [1.29, 1.82) is 0 Å². The molecule has 0 radical (unpaired) electrons. The number of para-hydroxylation sites is 1. The van der Waals surface area contributed by atoms with Crippen LogP contribution < -0.4 is 14.4 Å². The Labute approximate surface area is 158 Å². The summed E-state index contributed by atoms with van der Waals surface area (Å²) in [6.45, 7) is 3.43. The molecule has 2 aromatic carbocycles. The highest BCUT2D eigenvalue weighted by atomic mass is 35.5. The van der Waals surface area contributed by atoms with Crippen molar-refractivity contribution in [2.45, 2.75) is 20.0 Å². The molecule has 1 N–H and O–H groups in total. The van der Waals surface area contributed by atoms with Gasteiger partial charge in [-0.2, -0.15) is 0 Å². The Balaban J connectivity index is 2.18. The van der Waals surface area contributed by atoms with Crippen LogP contribution in [0, 0.1) is 0 Å². The topological polar surface area (TPSA) is 75.7 Å². The monoisotopic (exact) mass is 396 g/mol. The summed E-state index contributed by atoms with van der Waals surface area (Å²) in [5, 5.41) is 3.00. The Morgan fingerprint density at radius 2 is 1.77 bits per heavy atom. The molecule has 0 aromatic heterocycles. The molecule has 0 fully saturated rings. The van der Waals surface area contributed by atoms with Crippen molar-refractivity contribution in [2.75, 3.05) is 22.4 Å².